The zero-order chi connectivity index (χ0) is 14.0. The summed E-state index contributed by atoms with van der Waals surface area (Å²) < 4.78 is 18.3. The van der Waals surface area contributed by atoms with Crippen molar-refractivity contribution in [3.63, 3.8) is 0 Å². The predicted octanol–water partition coefficient (Wildman–Crippen LogP) is 5.11. The highest BCUT2D eigenvalue weighted by Crippen LogP contribution is 2.47. The first kappa shape index (κ1) is 16.2. The number of rotatable bonds is 9. The van der Waals surface area contributed by atoms with Crippen LogP contribution in [0.3, 0.4) is 0 Å². The van der Waals surface area contributed by atoms with Crippen LogP contribution in [0.1, 0.15) is 46.0 Å². The number of hydrogen-bond acceptors (Lipinski definition) is 2. The Balaban J connectivity index is 2.62. The molecule has 19 heavy (non-hydrogen) atoms. The third-order valence-electron chi connectivity index (χ3n) is 2.96. The van der Waals surface area contributed by atoms with Crippen LogP contribution in [-0.2, 0) is 9.09 Å². The van der Waals surface area contributed by atoms with Crippen molar-refractivity contribution in [2.24, 2.45) is 0 Å². The number of hydrogen-bond donors (Lipinski definition) is 0. The molecular formula is C16H25O2P. The molecule has 0 aliphatic heterocycles. The van der Waals surface area contributed by atoms with Crippen molar-refractivity contribution in [2.75, 3.05) is 6.61 Å². The van der Waals surface area contributed by atoms with Crippen molar-refractivity contribution in [1.82, 2.24) is 0 Å². The molecule has 0 bridgehead atoms. The van der Waals surface area contributed by atoms with Crippen molar-refractivity contribution < 1.29 is 9.09 Å². The van der Waals surface area contributed by atoms with Gasteiger partial charge in [-0.25, -0.2) is 0 Å². The molecule has 0 radical (unpaired) electrons. The largest absolute Gasteiger partial charge is 0.323 e. The van der Waals surface area contributed by atoms with E-state index in [-0.39, 0.29) is 0 Å². The van der Waals surface area contributed by atoms with E-state index in [4.69, 9.17) is 4.52 Å². The topological polar surface area (TPSA) is 26.3 Å². The number of allylic oxidation sites excluding steroid dienone is 1. The molecule has 0 saturated carbocycles. The smallest absolute Gasteiger partial charge is 0.253 e. The summed E-state index contributed by atoms with van der Waals surface area (Å²) in [6, 6.07) is 9.47. The van der Waals surface area contributed by atoms with Gasteiger partial charge in [-0.05, 0) is 31.9 Å². The molecule has 1 atom stereocenters. The Morgan fingerprint density at radius 2 is 1.84 bits per heavy atom. The maximum absolute atomic E-state index is 12.8. The van der Waals surface area contributed by atoms with E-state index in [9.17, 15) is 4.57 Å². The van der Waals surface area contributed by atoms with Crippen LogP contribution in [0, 0.1) is 0 Å². The average Bonchev–Trinajstić information content (AvgIpc) is 2.44. The molecule has 0 N–H and O–H groups in total. The van der Waals surface area contributed by atoms with E-state index in [0.29, 0.717) is 6.61 Å². The van der Waals surface area contributed by atoms with Crippen molar-refractivity contribution >= 4 is 12.7 Å². The van der Waals surface area contributed by atoms with Crippen molar-refractivity contribution in [3.8, 4) is 0 Å². The second-order valence-electron chi connectivity index (χ2n) is 4.58. The molecule has 1 aromatic rings. The summed E-state index contributed by atoms with van der Waals surface area (Å²) in [5, 5.41) is 0.779. The zero-order valence-electron chi connectivity index (χ0n) is 12.0. The molecule has 0 aliphatic rings. The lowest BCUT2D eigenvalue weighted by Crippen LogP contribution is -2.05. The summed E-state index contributed by atoms with van der Waals surface area (Å²) in [5.41, 5.74) is 0. The standard InChI is InChI=1S/C16H25O2P/c1-3-5-6-7-8-12-15-19(17,18-4-2)16-13-10-9-11-14-16/h9-15H,3-8H2,1-2H3/b15-12+. The number of unbranched alkanes of at least 4 members (excludes halogenated alkanes) is 4. The van der Waals surface area contributed by atoms with Gasteiger partial charge in [-0.1, -0.05) is 50.5 Å². The van der Waals surface area contributed by atoms with Gasteiger partial charge >= 0.3 is 0 Å². The summed E-state index contributed by atoms with van der Waals surface area (Å²) in [7, 11) is -2.81. The van der Waals surface area contributed by atoms with E-state index in [1.807, 2.05) is 43.3 Å². The molecule has 0 saturated heterocycles. The summed E-state index contributed by atoms with van der Waals surface area (Å²) >= 11 is 0. The SMILES string of the molecule is CCCCCC/C=C/P(=O)(OCC)c1ccccc1. The van der Waals surface area contributed by atoms with Gasteiger partial charge in [0.05, 0.1) is 6.61 Å². The Morgan fingerprint density at radius 1 is 1.11 bits per heavy atom. The first-order valence-corrected chi connectivity index (χ1v) is 8.90. The Morgan fingerprint density at radius 3 is 2.47 bits per heavy atom. The van der Waals surface area contributed by atoms with E-state index < -0.39 is 7.37 Å². The fourth-order valence-corrected chi connectivity index (χ4v) is 3.74. The molecule has 0 amide bonds. The van der Waals surface area contributed by atoms with Gasteiger partial charge in [-0.2, -0.15) is 0 Å². The fourth-order valence-electron chi connectivity index (χ4n) is 1.93. The van der Waals surface area contributed by atoms with Crippen molar-refractivity contribution in [2.45, 2.75) is 46.0 Å². The predicted molar refractivity (Wildman–Crippen MR) is 83.2 cm³/mol. The van der Waals surface area contributed by atoms with E-state index in [2.05, 4.69) is 6.92 Å². The van der Waals surface area contributed by atoms with Gasteiger partial charge < -0.3 is 4.52 Å². The molecule has 2 nitrogen and oxygen atoms in total. The van der Waals surface area contributed by atoms with Gasteiger partial charge in [0.15, 0.2) is 0 Å². The molecular weight excluding hydrogens is 255 g/mol. The molecule has 1 unspecified atom stereocenters. The molecule has 0 spiro atoms. The lowest BCUT2D eigenvalue weighted by atomic mass is 10.2. The van der Waals surface area contributed by atoms with Crippen LogP contribution in [0.25, 0.3) is 0 Å². The normalized spacial score (nSPS) is 14.6. The minimum Gasteiger partial charge on any atom is -0.323 e. The maximum Gasteiger partial charge on any atom is 0.253 e. The van der Waals surface area contributed by atoms with Crippen LogP contribution < -0.4 is 5.30 Å². The third kappa shape index (κ3) is 5.76. The van der Waals surface area contributed by atoms with Gasteiger partial charge in [0.2, 0.25) is 0 Å². The molecule has 106 valence electrons. The van der Waals surface area contributed by atoms with Gasteiger partial charge in [0.25, 0.3) is 7.37 Å². The lowest BCUT2D eigenvalue weighted by molar-refractivity contribution is 0.347. The minimum absolute atomic E-state index is 0.465. The average molecular weight is 280 g/mol. The number of benzene rings is 1. The summed E-state index contributed by atoms with van der Waals surface area (Å²) in [6.07, 6.45) is 7.90. The Bertz CT molecular complexity index is 412. The van der Waals surface area contributed by atoms with E-state index in [1.54, 1.807) is 5.82 Å². The molecule has 0 fully saturated rings. The van der Waals surface area contributed by atoms with Gasteiger partial charge in [0.1, 0.15) is 0 Å². The monoisotopic (exact) mass is 280 g/mol. The van der Waals surface area contributed by atoms with Crippen LogP contribution >= 0.6 is 7.37 Å². The summed E-state index contributed by atoms with van der Waals surface area (Å²) in [5.74, 6) is 1.78. The molecule has 0 aliphatic carbocycles. The first-order chi connectivity index (χ1) is 9.23. The highest BCUT2D eigenvalue weighted by atomic mass is 31.2. The van der Waals surface area contributed by atoms with E-state index in [0.717, 1.165) is 18.1 Å². The van der Waals surface area contributed by atoms with Gasteiger partial charge in [0, 0.05) is 11.1 Å². The van der Waals surface area contributed by atoms with E-state index in [1.165, 1.54) is 19.3 Å². The Labute approximate surface area is 117 Å². The summed E-state index contributed by atoms with van der Waals surface area (Å²) in [6.45, 7) is 4.55. The van der Waals surface area contributed by atoms with Gasteiger partial charge in [-0.3, -0.25) is 4.57 Å². The minimum atomic E-state index is -2.81. The quantitative estimate of drug-likeness (QED) is 0.464. The molecule has 3 heteroatoms. The first-order valence-electron chi connectivity index (χ1n) is 7.20. The van der Waals surface area contributed by atoms with Crippen LogP contribution in [-0.4, -0.2) is 6.61 Å². The van der Waals surface area contributed by atoms with Crippen molar-refractivity contribution in [1.29, 1.82) is 0 Å². The zero-order valence-corrected chi connectivity index (χ0v) is 12.9. The summed E-state index contributed by atoms with van der Waals surface area (Å²) in [4.78, 5) is 0. The highest BCUT2D eigenvalue weighted by molar-refractivity contribution is 7.70. The molecule has 1 rings (SSSR count). The van der Waals surface area contributed by atoms with Gasteiger partial charge in [-0.15, -0.1) is 0 Å². The molecule has 0 heterocycles. The third-order valence-corrected chi connectivity index (χ3v) is 5.23. The Hall–Kier alpha value is -0.850. The van der Waals surface area contributed by atoms with Crippen LogP contribution in [0.2, 0.25) is 0 Å². The Kier molecular flexibility index (Phi) is 7.78. The fraction of sp³-hybridized carbons (Fsp3) is 0.500. The van der Waals surface area contributed by atoms with E-state index >= 15 is 0 Å². The van der Waals surface area contributed by atoms with Crippen LogP contribution in [0.4, 0.5) is 0 Å². The van der Waals surface area contributed by atoms with Crippen LogP contribution in [0.5, 0.6) is 0 Å². The lowest BCUT2D eigenvalue weighted by Gasteiger charge is -2.13. The maximum atomic E-state index is 12.8. The second kappa shape index (κ2) is 9.12. The highest BCUT2D eigenvalue weighted by Gasteiger charge is 2.20. The second-order valence-corrected chi connectivity index (χ2v) is 6.85. The molecule has 1 aromatic carbocycles. The van der Waals surface area contributed by atoms with Crippen LogP contribution in [0.15, 0.2) is 42.2 Å². The molecule has 0 aromatic heterocycles. The van der Waals surface area contributed by atoms with Crippen molar-refractivity contribution in [3.05, 3.63) is 42.2 Å².